The van der Waals surface area contributed by atoms with Gasteiger partial charge in [-0.2, -0.15) is 18.3 Å². The van der Waals surface area contributed by atoms with Crippen molar-refractivity contribution < 1.29 is 18.0 Å². The third-order valence-corrected chi connectivity index (χ3v) is 4.15. The van der Waals surface area contributed by atoms with Crippen molar-refractivity contribution in [2.75, 3.05) is 13.1 Å². The first-order valence-electron chi connectivity index (χ1n) is 6.78. The van der Waals surface area contributed by atoms with E-state index in [1.54, 1.807) is 4.90 Å². The Balaban J connectivity index is 2.14. The number of hydrogen-bond acceptors (Lipinski definition) is 2. The number of amides is 1. The molecule has 1 aliphatic rings. The van der Waals surface area contributed by atoms with E-state index in [-0.39, 0.29) is 18.1 Å². The normalized spacial score (nSPS) is 19.9. The van der Waals surface area contributed by atoms with Gasteiger partial charge in [0.1, 0.15) is 6.54 Å². The van der Waals surface area contributed by atoms with Crippen molar-refractivity contribution in [1.29, 1.82) is 0 Å². The molecule has 0 unspecified atom stereocenters. The van der Waals surface area contributed by atoms with Crippen molar-refractivity contribution >= 4 is 17.5 Å². The third-order valence-electron chi connectivity index (χ3n) is 3.70. The highest BCUT2D eigenvalue weighted by Crippen LogP contribution is 2.35. The maximum atomic E-state index is 12.7. The molecular formula is C13H17ClF3N3O. The molecule has 2 rings (SSSR count). The molecule has 0 saturated carbocycles. The average molecular weight is 324 g/mol. The van der Waals surface area contributed by atoms with Gasteiger partial charge in [0.05, 0.1) is 10.7 Å². The number of nitrogens with zero attached hydrogens (tertiary/aromatic N) is 3. The number of rotatable bonds is 2. The maximum Gasteiger partial charge on any atom is 0.436 e. The minimum absolute atomic E-state index is 0.155. The number of piperidine rings is 1. The first-order valence-corrected chi connectivity index (χ1v) is 7.15. The summed E-state index contributed by atoms with van der Waals surface area (Å²) in [4.78, 5) is 13.9. The minimum Gasteiger partial charge on any atom is -0.341 e. The molecule has 0 bridgehead atoms. The molecule has 2 heterocycles. The number of alkyl halides is 3. The van der Waals surface area contributed by atoms with E-state index < -0.39 is 16.9 Å². The van der Waals surface area contributed by atoms with E-state index in [4.69, 9.17) is 11.6 Å². The van der Waals surface area contributed by atoms with E-state index in [0.717, 1.165) is 17.5 Å². The quantitative estimate of drug-likeness (QED) is 0.838. The standard InChI is InChI=1S/C13H17ClF3N3O/c1-8-4-3-5-19(6-8)10(21)7-20-9(2)11(14)12(18-20)13(15,16)17/h8H,3-7H2,1-2H3/t8-/m0/s1. The summed E-state index contributed by atoms with van der Waals surface area (Å²) < 4.78 is 39.2. The first-order chi connectivity index (χ1) is 9.70. The van der Waals surface area contributed by atoms with Crippen LogP contribution in [-0.2, 0) is 17.5 Å². The highest BCUT2D eigenvalue weighted by atomic mass is 35.5. The van der Waals surface area contributed by atoms with Crippen LogP contribution >= 0.6 is 11.6 Å². The molecule has 0 aliphatic carbocycles. The molecule has 0 spiro atoms. The van der Waals surface area contributed by atoms with Crippen molar-refractivity contribution in [2.45, 2.75) is 39.4 Å². The second-order valence-corrected chi connectivity index (χ2v) is 5.87. The van der Waals surface area contributed by atoms with E-state index in [1.807, 2.05) is 0 Å². The lowest BCUT2D eigenvalue weighted by molar-refractivity contribution is -0.142. The number of hydrogen-bond donors (Lipinski definition) is 0. The molecule has 0 aromatic carbocycles. The Morgan fingerprint density at radius 3 is 2.67 bits per heavy atom. The van der Waals surface area contributed by atoms with E-state index in [1.165, 1.54) is 6.92 Å². The molecule has 1 aromatic heterocycles. The van der Waals surface area contributed by atoms with E-state index in [9.17, 15) is 18.0 Å². The molecule has 1 aromatic rings. The Bertz CT molecular complexity index is 541. The van der Waals surface area contributed by atoms with Gasteiger partial charge in [-0.1, -0.05) is 18.5 Å². The summed E-state index contributed by atoms with van der Waals surface area (Å²) in [5.41, 5.74) is -0.983. The summed E-state index contributed by atoms with van der Waals surface area (Å²) in [6.07, 6.45) is -2.63. The van der Waals surface area contributed by atoms with Crippen LogP contribution in [0.1, 0.15) is 31.2 Å². The number of likely N-dealkylation sites (tertiary alicyclic amines) is 1. The molecular weight excluding hydrogens is 307 g/mol. The lowest BCUT2D eigenvalue weighted by atomic mass is 10.0. The fraction of sp³-hybridized carbons (Fsp3) is 0.692. The number of aromatic nitrogens is 2. The topological polar surface area (TPSA) is 38.1 Å². The van der Waals surface area contributed by atoms with Crippen LogP contribution in [0.2, 0.25) is 5.02 Å². The van der Waals surface area contributed by atoms with Crippen molar-refractivity contribution in [3.8, 4) is 0 Å². The fourth-order valence-electron chi connectivity index (χ4n) is 2.50. The fourth-order valence-corrected chi connectivity index (χ4v) is 2.75. The van der Waals surface area contributed by atoms with Gasteiger partial charge in [0, 0.05) is 13.1 Å². The Morgan fingerprint density at radius 2 is 2.14 bits per heavy atom. The molecule has 1 aliphatic heterocycles. The zero-order valence-electron chi connectivity index (χ0n) is 11.9. The van der Waals surface area contributed by atoms with Crippen LogP contribution in [0.3, 0.4) is 0 Å². The SMILES string of the molecule is Cc1c(Cl)c(C(F)(F)F)nn1CC(=O)N1CCC[C@H](C)C1. The Morgan fingerprint density at radius 1 is 1.48 bits per heavy atom. The van der Waals surface area contributed by atoms with Gasteiger partial charge >= 0.3 is 6.18 Å². The monoisotopic (exact) mass is 323 g/mol. The summed E-state index contributed by atoms with van der Waals surface area (Å²) in [6, 6.07) is 0. The van der Waals surface area contributed by atoms with Gasteiger partial charge in [0.25, 0.3) is 0 Å². The largest absolute Gasteiger partial charge is 0.436 e. The Labute approximate surface area is 125 Å². The number of halogens is 4. The molecule has 4 nitrogen and oxygen atoms in total. The van der Waals surface area contributed by atoms with Crippen LogP contribution in [0.15, 0.2) is 0 Å². The van der Waals surface area contributed by atoms with E-state index in [2.05, 4.69) is 12.0 Å². The van der Waals surface area contributed by atoms with Crippen LogP contribution < -0.4 is 0 Å². The van der Waals surface area contributed by atoms with Crippen LogP contribution in [-0.4, -0.2) is 33.7 Å². The molecule has 1 amide bonds. The third kappa shape index (κ3) is 3.51. The van der Waals surface area contributed by atoms with Crippen molar-refractivity contribution in [3.05, 3.63) is 16.4 Å². The molecule has 0 N–H and O–H groups in total. The smallest absolute Gasteiger partial charge is 0.341 e. The zero-order chi connectivity index (χ0) is 15.8. The predicted molar refractivity (Wildman–Crippen MR) is 72.0 cm³/mol. The van der Waals surface area contributed by atoms with Gasteiger partial charge in [-0.3, -0.25) is 9.48 Å². The Kier molecular flexibility index (Phi) is 4.51. The zero-order valence-corrected chi connectivity index (χ0v) is 12.6. The lowest BCUT2D eigenvalue weighted by Gasteiger charge is -2.31. The van der Waals surface area contributed by atoms with Crippen molar-refractivity contribution in [1.82, 2.24) is 14.7 Å². The van der Waals surface area contributed by atoms with Gasteiger partial charge in [-0.05, 0) is 25.7 Å². The number of carbonyl (C=O) groups excluding carboxylic acids is 1. The molecule has 1 fully saturated rings. The van der Waals surface area contributed by atoms with Crippen molar-refractivity contribution in [3.63, 3.8) is 0 Å². The summed E-state index contributed by atoms with van der Waals surface area (Å²) >= 11 is 5.66. The van der Waals surface area contributed by atoms with Crippen LogP contribution in [0.5, 0.6) is 0 Å². The van der Waals surface area contributed by atoms with Crippen LogP contribution in [0, 0.1) is 12.8 Å². The second kappa shape index (κ2) is 5.87. The maximum absolute atomic E-state index is 12.7. The summed E-state index contributed by atoms with van der Waals surface area (Å²) in [5.74, 6) is 0.188. The summed E-state index contributed by atoms with van der Waals surface area (Å²) in [6.45, 7) is 4.55. The van der Waals surface area contributed by atoms with Gasteiger partial charge in [-0.15, -0.1) is 0 Å². The molecule has 1 atom stereocenters. The second-order valence-electron chi connectivity index (χ2n) is 5.49. The Hall–Kier alpha value is -1.24. The van der Waals surface area contributed by atoms with Crippen LogP contribution in [0.4, 0.5) is 13.2 Å². The average Bonchev–Trinajstić information content (AvgIpc) is 2.67. The van der Waals surface area contributed by atoms with Gasteiger partial charge < -0.3 is 4.90 Å². The summed E-state index contributed by atoms with van der Waals surface area (Å²) in [7, 11) is 0. The highest BCUT2D eigenvalue weighted by Gasteiger charge is 2.38. The van der Waals surface area contributed by atoms with E-state index >= 15 is 0 Å². The van der Waals surface area contributed by atoms with Gasteiger partial charge in [-0.25, -0.2) is 0 Å². The molecule has 118 valence electrons. The van der Waals surface area contributed by atoms with Gasteiger partial charge in [0.2, 0.25) is 5.91 Å². The molecule has 21 heavy (non-hydrogen) atoms. The van der Waals surface area contributed by atoms with Crippen LogP contribution in [0.25, 0.3) is 0 Å². The lowest BCUT2D eigenvalue weighted by Crippen LogP contribution is -2.41. The molecule has 0 radical (unpaired) electrons. The predicted octanol–water partition coefficient (Wildman–Crippen LogP) is 3.12. The minimum atomic E-state index is -4.62. The molecule has 8 heteroatoms. The van der Waals surface area contributed by atoms with Gasteiger partial charge in [0.15, 0.2) is 5.69 Å². The summed E-state index contributed by atoms with van der Waals surface area (Å²) in [5, 5.41) is 3.00. The highest BCUT2D eigenvalue weighted by molar-refractivity contribution is 6.32. The molecule has 1 saturated heterocycles. The number of carbonyl (C=O) groups is 1. The van der Waals surface area contributed by atoms with Crippen molar-refractivity contribution in [2.24, 2.45) is 5.92 Å². The van der Waals surface area contributed by atoms with E-state index in [0.29, 0.717) is 19.0 Å². The first kappa shape index (κ1) is 16.1.